The van der Waals surface area contributed by atoms with Crippen molar-refractivity contribution in [3.8, 4) is 5.75 Å². The van der Waals surface area contributed by atoms with Gasteiger partial charge in [-0.15, -0.1) is 0 Å². The van der Waals surface area contributed by atoms with Crippen LogP contribution in [0.1, 0.15) is 10.4 Å². The lowest BCUT2D eigenvalue weighted by atomic mass is 10.1. The molecule has 2 aromatic rings. The van der Waals surface area contributed by atoms with E-state index in [1.54, 1.807) is 30.3 Å². The minimum Gasteiger partial charge on any atom is -0.490 e. The van der Waals surface area contributed by atoms with Crippen LogP contribution >= 0.6 is 11.6 Å². The van der Waals surface area contributed by atoms with Crippen LogP contribution < -0.4 is 10.1 Å². The van der Waals surface area contributed by atoms with Crippen molar-refractivity contribution in [2.45, 2.75) is 0 Å². The number of hydrogen-bond donors (Lipinski definition) is 1. The molecule has 1 N–H and O–H groups in total. The molecule has 0 aliphatic rings. The van der Waals surface area contributed by atoms with E-state index in [1.165, 1.54) is 18.2 Å². The molecule has 0 spiro atoms. The lowest BCUT2D eigenvalue weighted by molar-refractivity contribution is -0.385. The van der Waals surface area contributed by atoms with Crippen LogP contribution in [0.3, 0.4) is 0 Å². The number of nitro benzene ring substituents is 1. The van der Waals surface area contributed by atoms with Crippen LogP contribution in [0.2, 0.25) is 5.02 Å². The van der Waals surface area contributed by atoms with Gasteiger partial charge in [0.1, 0.15) is 17.9 Å². The minimum absolute atomic E-state index is 0.0187. The molecule has 7 heteroatoms. The number of carbonyl (C=O) groups is 1. The Balaban J connectivity index is 1.89. The SMILES string of the molecule is O=C(NCCOc1ccccc1Cl)c1ccccc1[N+](=O)[O-]. The summed E-state index contributed by atoms with van der Waals surface area (Å²) in [5.74, 6) is -0.000772. The minimum atomic E-state index is -0.588. The second-order valence-corrected chi connectivity index (χ2v) is 4.72. The van der Waals surface area contributed by atoms with Gasteiger partial charge in [-0.2, -0.15) is 0 Å². The van der Waals surface area contributed by atoms with E-state index in [9.17, 15) is 14.9 Å². The Bertz CT molecular complexity index is 691. The monoisotopic (exact) mass is 320 g/mol. The summed E-state index contributed by atoms with van der Waals surface area (Å²) >= 11 is 5.93. The molecule has 0 bridgehead atoms. The zero-order valence-corrected chi connectivity index (χ0v) is 12.2. The smallest absolute Gasteiger partial charge is 0.282 e. The molecular formula is C15H13ClN2O4. The molecular weight excluding hydrogens is 308 g/mol. The van der Waals surface area contributed by atoms with E-state index in [0.29, 0.717) is 10.8 Å². The number of ether oxygens (including phenoxy) is 1. The fourth-order valence-corrected chi connectivity index (χ4v) is 2.00. The normalized spacial score (nSPS) is 10.0. The predicted molar refractivity (Wildman–Crippen MR) is 82.4 cm³/mol. The fraction of sp³-hybridized carbons (Fsp3) is 0.133. The number of hydrogen-bond acceptors (Lipinski definition) is 4. The Morgan fingerprint density at radius 3 is 2.59 bits per heavy atom. The van der Waals surface area contributed by atoms with Gasteiger partial charge in [0, 0.05) is 6.07 Å². The summed E-state index contributed by atoms with van der Waals surface area (Å²) < 4.78 is 5.42. The molecule has 0 aromatic heterocycles. The molecule has 22 heavy (non-hydrogen) atoms. The van der Waals surface area contributed by atoms with Crippen LogP contribution in [0.25, 0.3) is 0 Å². The van der Waals surface area contributed by atoms with Crippen molar-refractivity contribution in [1.29, 1.82) is 0 Å². The van der Waals surface area contributed by atoms with Crippen LogP contribution in [0.5, 0.6) is 5.75 Å². The Kier molecular flexibility index (Phi) is 5.32. The van der Waals surface area contributed by atoms with Gasteiger partial charge in [0.25, 0.3) is 11.6 Å². The second kappa shape index (κ2) is 7.42. The highest BCUT2D eigenvalue weighted by molar-refractivity contribution is 6.32. The van der Waals surface area contributed by atoms with E-state index < -0.39 is 10.8 Å². The van der Waals surface area contributed by atoms with Gasteiger partial charge in [0.2, 0.25) is 0 Å². The maximum atomic E-state index is 12.0. The molecule has 114 valence electrons. The third kappa shape index (κ3) is 3.95. The summed E-state index contributed by atoms with van der Waals surface area (Å²) in [4.78, 5) is 22.2. The third-order valence-electron chi connectivity index (χ3n) is 2.83. The molecule has 0 atom stereocenters. The van der Waals surface area contributed by atoms with Crippen molar-refractivity contribution in [3.05, 3.63) is 69.2 Å². The first-order valence-electron chi connectivity index (χ1n) is 6.48. The Labute approximate surface area is 131 Å². The number of carbonyl (C=O) groups excluding carboxylic acids is 1. The molecule has 2 rings (SSSR count). The third-order valence-corrected chi connectivity index (χ3v) is 3.14. The van der Waals surface area contributed by atoms with Gasteiger partial charge < -0.3 is 10.1 Å². The van der Waals surface area contributed by atoms with Crippen molar-refractivity contribution in [2.24, 2.45) is 0 Å². The molecule has 0 aliphatic carbocycles. The first kappa shape index (κ1) is 15.8. The number of rotatable bonds is 6. The lowest BCUT2D eigenvalue weighted by Gasteiger charge is -2.09. The van der Waals surface area contributed by atoms with Crippen LogP contribution in [0.15, 0.2) is 48.5 Å². The van der Waals surface area contributed by atoms with Crippen LogP contribution in [0.4, 0.5) is 5.69 Å². The number of amides is 1. The molecule has 0 fully saturated rings. The average molecular weight is 321 g/mol. The Morgan fingerprint density at radius 2 is 1.86 bits per heavy atom. The molecule has 0 unspecified atom stereocenters. The molecule has 0 heterocycles. The Morgan fingerprint density at radius 1 is 1.18 bits per heavy atom. The summed E-state index contributed by atoms with van der Waals surface area (Å²) in [6.07, 6.45) is 0. The van der Waals surface area contributed by atoms with E-state index in [-0.39, 0.29) is 24.4 Å². The number of nitrogens with zero attached hydrogens (tertiary/aromatic N) is 1. The van der Waals surface area contributed by atoms with Gasteiger partial charge in [0.05, 0.1) is 16.5 Å². The van der Waals surface area contributed by atoms with Crippen molar-refractivity contribution in [2.75, 3.05) is 13.2 Å². The van der Waals surface area contributed by atoms with Gasteiger partial charge in [-0.25, -0.2) is 0 Å². The van der Waals surface area contributed by atoms with E-state index in [0.717, 1.165) is 0 Å². The van der Waals surface area contributed by atoms with E-state index in [4.69, 9.17) is 16.3 Å². The van der Waals surface area contributed by atoms with Gasteiger partial charge >= 0.3 is 0 Å². The van der Waals surface area contributed by atoms with Crippen LogP contribution in [-0.4, -0.2) is 24.0 Å². The quantitative estimate of drug-likeness (QED) is 0.504. The molecule has 0 saturated carbocycles. The fourth-order valence-electron chi connectivity index (χ4n) is 1.81. The summed E-state index contributed by atoms with van der Waals surface area (Å²) in [5.41, 5.74) is -0.211. The molecule has 0 aliphatic heterocycles. The van der Waals surface area contributed by atoms with E-state index >= 15 is 0 Å². The van der Waals surface area contributed by atoms with E-state index in [2.05, 4.69) is 5.32 Å². The van der Waals surface area contributed by atoms with E-state index in [1.807, 2.05) is 0 Å². The topological polar surface area (TPSA) is 81.5 Å². The average Bonchev–Trinajstić information content (AvgIpc) is 2.52. The summed E-state index contributed by atoms with van der Waals surface area (Å²) in [7, 11) is 0. The van der Waals surface area contributed by atoms with Crippen molar-refractivity contribution in [3.63, 3.8) is 0 Å². The molecule has 0 saturated heterocycles. The zero-order valence-electron chi connectivity index (χ0n) is 11.5. The maximum absolute atomic E-state index is 12.0. The number of nitrogens with one attached hydrogen (secondary N) is 1. The van der Waals surface area contributed by atoms with Crippen molar-refractivity contribution in [1.82, 2.24) is 5.32 Å². The molecule has 0 radical (unpaired) electrons. The van der Waals surface area contributed by atoms with Gasteiger partial charge in [-0.05, 0) is 18.2 Å². The van der Waals surface area contributed by atoms with Crippen LogP contribution in [-0.2, 0) is 0 Å². The van der Waals surface area contributed by atoms with Gasteiger partial charge in [-0.1, -0.05) is 35.9 Å². The first-order valence-corrected chi connectivity index (χ1v) is 6.86. The summed E-state index contributed by atoms with van der Waals surface area (Å²) in [6.45, 7) is 0.409. The standard InChI is InChI=1S/C15H13ClN2O4/c16-12-6-2-4-8-14(12)22-10-9-17-15(19)11-5-1-3-7-13(11)18(20)21/h1-8H,9-10H2,(H,17,19). The number of nitro groups is 1. The number of halogens is 1. The van der Waals surface area contributed by atoms with Crippen molar-refractivity contribution < 1.29 is 14.5 Å². The first-order chi connectivity index (χ1) is 10.6. The maximum Gasteiger partial charge on any atom is 0.282 e. The molecule has 6 nitrogen and oxygen atoms in total. The predicted octanol–water partition coefficient (Wildman–Crippen LogP) is 3.06. The van der Waals surface area contributed by atoms with Gasteiger partial charge in [0.15, 0.2) is 0 Å². The summed E-state index contributed by atoms with van der Waals surface area (Å²) in [5, 5.41) is 13.9. The highest BCUT2D eigenvalue weighted by Gasteiger charge is 2.18. The Hall–Kier alpha value is -2.60. The van der Waals surface area contributed by atoms with Gasteiger partial charge in [-0.3, -0.25) is 14.9 Å². The number of benzene rings is 2. The lowest BCUT2D eigenvalue weighted by Crippen LogP contribution is -2.28. The highest BCUT2D eigenvalue weighted by atomic mass is 35.5. The number of para-hydroxylation sites is 2. The summed E-state index contributed by atoms with van der Waals surface area (Å²) in [6, 6.07) is 12.8. The van der Waals surface area contributed by atoms with Crippen molar-refractivity contribution >= 4 is 23.2 Å². The highest BCUT2D eigenvalue weighted by Crippen LogP contribution is 2.22. The van der Waals surface area contributed by atoms with Crippen LogP contribution in [0, 0.1) is 10.1 Å². The largest absolute Gasteiger partial charge is 0.490 e. The zero-order chi connectivity index (χ0) is 15.9. The second-order valence-electron chi connectivity index (χ2n) is 4.31. The molecule has 1 amide bonds. The molecule has 2 aromatic carbocycles.